The molecular weight excluding hydrogens is 248 g/mol. The molecule has 0 aliphatic heterocycles. The fraction of sp³-hybridized carbons (Fsp3) is 0.917. The smallest absolute Gasteiger partial charge is 0.311 e. The SMILES string of the molecule is CC(C)(C(=O)O)C(C)(O[Si](C)(C)C)[Si](C)(C)C. The van der Waals surface area contributed by atoms with Gasteiger partial charge in [0.15, 0.2) is 8.32 Å². The quantitative estimate of drug-likeness (QED) is 0.781. The van der Waals surface area contributed by atoms with Crippen molar-refractivity contribution in [2.75, 3.05) is 0 Å². The molecule has 102 valence electrons. The lowest BCUT2D eigenvalue weighted by Crippen LogP contribution is -2.66. The van der Waals surface area contributed by atoms with Gasteiger partial charge in [-0.25, -0.2) is 0 Å². The molecule has 0 heterocycles. The summed E-state index contributed by atoms with van der Waals surface area (Å²) in [6.07, 6.45) is 0. The van der Waals surface area contributed by atoms with Crippen molar-refractivity contribution in [1.29, 1.82) is 0 Å². The minimum Gasteiger partial charge on any atom is -0.481 e. The van der Waals surface area contributed by atoms with Crippen LogP contribution in [0.1, 0.15) is 20.8 Å². The second-order valence-electron chi connectivity index (χ2n) is 7.43. The van der Waals surface area contributed by atoms with E-state index in [1.54, 1.807) is 13.8 Å². The molecule has 17 heavy (non-hydrogen) atoms. The zero-order valence-electron chi connectivity index (χ0n) is 12.8. The van der Waals surface area contributed by atoms with E-state index in [2.05, 4.69) is 39.3 Å². The van der Waals surface area contributed by atoms with E-state index in [0.717, 1.165) is 0 Å². The van der Waals surface area contributed by atoms with E-state index < -0.39 is 33.0 Å². The molecule has 1 atom stereocenters. The maximum Gasteiger partial charge on any atom is 0.311 e. The van der Waals surface area contributed by atoms with Crippen molar-refractivity contribution in [3.8, 4) is 0 Å². The largest absolute Gasteiger partial charge is 0.481 e. The van der Waals surface area contributed by atoms with E-state index in [9.17, 15) is 9.90 Å². The van der Waals surface area contributed by atoms with Crippen molar-refractivity contribution < 1.29 is 14.3 Å². The lowest BCUT2D eigenvalue weighted by Gasteiger charge is -2.52. The fourth-order valence-corrected chi connectivity index (χ4v) is 7.64. The molecule has 0 spiro atoms. The Hall–Kier alpha value is -0.136. The van der Waals surface area contributed by atoms with Gasteiger partial charge in [0.1, 0.15) is 0 Å². The van der Waals surface area contributed by atoms with Gasteiger partial charge in [-0.2, -0.15) is 0 Å². The van der Waals surface area contributed by atoms with Crippen LogP contribution in [0.5, 0.6) is 0 Å². The highest BCUT2D eigenvalue weighted by atomic mass is 28.4. The second kappa shape index (κ2) is 4.51. The maximum absolute atomic E-state index is 11.6. The van der Waals surface area contributed by atoms with Crippen LogP contribution >= 0.6 is 0 Å². The van der Waals surface area contributed by atoms with Crippen LogP contribution < -0.4 is 0 Å². The third kappa shape index (κ3) is 3.42. The normalized spacial score (nSPS) is 17.7. The predicted octanol–water partition coefficient (Wildman–Crippen LogP) is 3.58. The van der Waals surface area contributed by atoms with Crippen molar-refractivity contribution in [1.82, 2.24) is 0 Å². The zero-order valence-corrected chi connectivity index (χ0v) is 14.8. The summed E-state index contributed by atoms with van der Waals surface area (Å²) in [6.45, 7) is 18.4. The summed E-state index contributed by atoms with van der Waals surface area (Å²) in [5.41, 5.74) is -0.863. The third-order valence-electron chi connectivity index (χ3n) is 3.67. The number of hydrogen-bond acceptors (Lipinski definition) is 2. The van der Waals surface area contributed by atoms with Crippen LogP contribution in [-0.2, 0) is 9.22 Å². The van der Waals surface area contributed by atoms with Gasteiger partial charge in [-0.1, -0.05) is 19.6 Å². The minimum absolute atomic E-state index is 0.559. The molecule has 0 fully saturated rings. The van der Waals surface area contributed by atoms with Crippen molar-refractivity contribution in [2.24, 2.45) is 5.41 Å². The van der Waals surface area contributed by atoms with Crippen molar-refractivity contribution in [3.63, 3.8) is 0 Å². The Labute approximate surface area is 108 Å². The molecule has 0 amide bonds. The van der Waals surface area contributed by atoms with E-state index in [1.807, 2.05) is 6.92 Å². The van der Waals surface area contributed by atoms with Gasteiger partial charge in [0.2, 0.25) is 0 Å². The highest BCUT2D eigenvalue weighted by molar-refractivity contribution is 6.81. The van der Waals surface area contributed by atoms with Crippen molar-refractivity contribution >= 4 is 22.4 Å². The number of rotatable bonds is 5. The van der Waals surface area contributed by atoms with E-state index in [1.165, 1.54) is 0 Å². The standard InChI is InChI=1S/C12H28O3Si2/c1-11(2,10(13)14)12(3,16(4,5)6)15-17(7,8)9/h1-9H3,(H,13,14). The van der Waals surface area contributed by atoms with Gasteiger partial charge in [0.25, 0.3) is 0 Å². The first-order valence-corrected chi connectivity index (χ1v) is 13.0. The number of aliphatic carboxylic acids is 1. The first-order valence-electron chi connectivity index (χ1n) is 6.09. The van der Waals surface area contributed by atoms with E-state index >= 15 is 0 Å². The van der Waals surface area contributed by atoms with Gasteiger partial charge in [-0.3, -0.25) is 4.79 Å². The van der Waals surface area contributed by atoms with Crippen LogP contribution in [0.4, 0.5) is 0 Å². The van der Waals surface area contributed by atoms with Crippen molar-refractivity contribution in [2.45, 2.75) is 65.3 Å². The summed E-state index contributed by atoms with van der Waals surface area (Å²) in [4.78, 5) is 11.6. The zero-order chi connectivity index (χ0) is 14.3. The summed E-state index contributed by atoms with van der Waals surface area (Å²) in [6, 6.07) is 0. The summed E-state index contributed by atoms with van der Waals surface area (Å²) in [5.74, 6) is -0.777. The lowest BCUT2D eigenvalue weighted by atomic mass is 9.87. The molecule has 0 aliphatic rings. The van der Waals surface area contributed by atoms with Crippen LogP contribution in [0.15, 0.2) is 0 Å². The third-order valence-corrected chi connectivity index (χ3v) is 8.48. The molecule has 0 saturated heterocycles. The maximum atomic E-state index is 11.6. The Morgan fingerprint density at radius 1 is 1.00 bits per heavy atom. The lowest BCUT2D eigenvalue weighted by molar-refractivity contribution is -0.154. The molecule has 0 radical (unpaired) electrons. The van der Waals surface area contributed by atoms with Crippen LogP contribution in [0.3, 0.4) is 0 Å². The molecule has 0 saturated carbocycles. The summed E-state index contributed by atoms with van der Waals surface area (Å²) < 4.78 is 6.34. The van der Waals surface area contributed by atoms with Gasteiger partial charge in [-0.15, -0.1) is 0 Å². The topological polar surface area (TPSA) is 46.5 Å². The predicted molar refractivity (Wildman–Crippen MR) is 77.6 cm³/mol. The highest BCUT2D eigenvalue weighted by Gasteiger charge is 2.56. The Morgan fingerprint density at radius 2 is 1.35 bits per heavy atom. The number of carboxylic acids is 1. The molecular formula is C12H28O3Si2. The highest BCUT2D eigenvalue weighted by Crippen LogP contribution is 2.43. The molecule has 0 bridgehead atoms. The average molecular weight is 277 g/mol. The molecule has 0 aromatic carbocycles. The summed E-state index contributed by atoms with van der Waals surface area (Å²) >= 11 is 0. The average Bonchev–Trinajstić information content (AvgIpc) is 1.97. The van der Waals surface area contributed by atoms with Crippen LogP contribution in [0, 0.1) is 5.41 Å². The molecule has 1 N–H and O–H groups in total. The number of carboxylic acid groups (broad SMARTS) is 1. The Bertz CT molecular complexity index is 300. The number of carbonyl (C=O) groups is 1. The molecule has 3 nitrogen and oxygen atoms in total. The van der Waals surface area contributed by atoms with Gasteiger partial charge in [0.05, 0.1) is 18.7 Å². The first kappa shape index (κ1) is 16.9. The van der Waals surface area contributed by atoms with Gasteiger partial charge in [-0.05, 0) is 40.4 Å². The first-order chi connectivity index (χ1) is 7.15. The monoisotopic (exact) mass is 276 g/mol. The molecule has 0 rings (SSSR count). The molecule has 0 aromatic heterocycles. The van der Waals surface area contributed by atoms with Gasteiger partial charge in [0, 0.05) is 0 Å². The molecule has 5 heteroatoms. The van der Waals surface area contributed by atoms with Crippen LogP contribution in [-0.4, -0.2) is 32.7 Å². The van der Waals surface area contributed by atoms with E-state index in [0.29, 0.717) is 0 Å². The summed E-state index contributed by atoms with van der Waals surface area (Å²) in [7, 11) is -3.57. The molecule has 1 unspecified atom stereocenters. The minimum atomic E-state index is -1.79. The van der Waals surface area contributed by atoms with Gasteiger partial charge < -0.3 is 9.53 Å². The fourth-order valence-electron chi connectivity index (χ4n) is 2.03. The Balaban J connectivity index is 5.66. The van der Waals surface area contributed by atoms with Gasteiger partial charge >= 0.3 is 5.97 Å². The van der Waals surface area contributed by atoms with Crippen LogP contribution in [0.25, 0.3) is 0 Å². The molecule has 0 aliphatic carbocycles. The Morgan fingerprint density at radius 3 is 1.53 bits per heavy atom. The van der Waals surface area contributed by atoms with Crippen molar-refractivity contribution in [3.05, 3.63) is 0 Å². The van der Waals surface area contributed by atoms with Crippen LogP contribution in [0.2, 0.25) is 39.3 Å². The van der Waals surface area contributed by atoms with E-state index in [-0.39, 0.29) is 0 Å². The molecule has 0 aromatic rings. The summed E-state index contributed by atoms with van der Waals surface area (Å²) in [5, 5.41) is 8.94. The van der Waals surface area contributed by atoms with E-state index in [4.69, 9.17) is 4.43 Å². The number of hydrogen-bond donors (Lipinski definition) is 1. The Kier molecular flexibility index (Phi) is 4.48. The second-order valence-corrected chi connectivity index (χ2v) is 17.3.